The lowest BCUT2D eigenvalue weighted by Crippen LogP contribution is -2.25. The number of hydrogen-bond donors (Lipinski definition) is 1. The number of aromatic nitrogens is 4. The Morgan fingerprint density at radius 1 is 1.13 bits per heavy atom. The molecule has 2 heterocycles. The summed E-state index contributed by atoms with van der Waals surface area (Å²) in [6.07, 6.45) is 5.39. The Kier molecular flexibility index (Phi) is 4.63. The summed E-state index contributed by atoms with van der Waals surface area (Å²) in [5.74, 6) is 0.455. The lowest BCUT2D eigenvalue weighted by atomic mass is 10.1. The van der Waals surface area contributed by atoms with E-state index in [4.69, 9.17) is 11.6 Å². The highest BCUT2D eigenvalue weighted by Gasteiger charge is 2.07. The number of halogens is 1. The van der Waals surface area contributed by atoms with Gasteiger partial charge in [0.1, 0.15) is 18.5 Å². The molecule has 0 fully saturated rings. The first-order valence-electron chi connectivity index (χ1n) is 7.06. The first kappa shape index (κ1) is 15.2. The van der Waals surface area contributed by atoms with Crippen LogP contribution in [0.4, 0.5) is 0 Å². The molecular formula is C16H14ClN5O. The van der Waals surface area contributed by atoms with Crippen molar-refractivity contribution in [3.63, 3.8) is 0 Å². The second-order valence-electron chi connectivity index (χ2n) is 4.90. The van der Waals surface area contributed by atoms with Gasteiger partial charge in [-0.05, 0) is 36.2 Å². The Bertz CT molecular complexity index is 786. The number of pyridine rings is 1. The third kappa shape index (κ3) is 3.92. The van der Waals surface area contributed by atoms with Crippen LogP contribution in [0.25, 0.3) is 5.82 Å². The van der Waals surface area contributed by atoms with Gasteiger partial charge in [-0.3, -0.25) is 9.36 Å². The predicted molar refractivity (Wildman–Crippen MR) is 86.6 cm³/mol. The van der Waals surface area contributed by atoms with E-state index in [0.29, 0.717) is 22.9 Å². The maximum Gasteiger partial charge on any atom is 0.251 e. The molecule has 0 atom stereocenters. The minimum absolute atomic E-state index is 0.143. The summed E-state index contributed by atoms with van der Waals surface area (Å²) in [6.45, 7) is 0.546. The van der Waals surface area contributed by atoms with Crippen molar-refractivity contribution in [2.75, 3.05) is 6.54 Å². The van der Waals surface area contributed by atoms with Crippen molar-refractivity contribution >= 4 is 17.5 Å². The SMILES string of the molecule is O=C(NCCc1ccc(Cl)cc1)c1ccnc(-n2cnnc2)c1. The molecule has 0 aliphatic rings. The van der Waals surface area contributed by atoms with Crippen LogP contribution in [-0.4, -0.2) is 32.2 Å². The minimum Gasteiger partial charge on any atom is -0.352 e. The molecule has 23 heavy (non-hydrogen) atoms. The highest BCUT2D eigenvalue weighted by atomic mass is 35.5. The van der Waals surface area contributed by atoms with Gasteiger partial charge in [0.05, 0.1) is 0 Å². The molecule has 2 aromatic heterocycles. The Morgan fingerprint density at radius 3 is 2.61 bits per heavy atom. The second kappa shape index (κ2) is 7.02. The number of hydrogen-bond acceptors (Lipinski definition) is 4. The molecule has 1 N–H and O–H groups in total. The van der Waals surface area contributed by atoms with E-state index in [9.17, 15) is 4.79 Å². The Morgan fingerprint density at radius 2 is 1.87 bits per heavy atom. The van der Waals surface area contributed by atoms with Crippen LogP contribution < -0.4 is 5.32 Å². The predicted octanol–water partition coefficient (Wildman–Crippen LogP) is 2.29. The van der Waals surface area contributed by atoms with Crippen LogP contribution in [-0.2, 0) is 6.42 Å². The first-order valence-corrected chi connectivity index (χ1v) is 7.44. The summed E-state index contributed by atoms with van der Waals surface area (Å²) < 4.78 is 1.64. The fraction of sp³-hybridized carbons (Fsp3) is 0.125. The van der Waals surface area contributed by atoms with Crippen LogP contribution in [0.5, 0.6) is 0 Å². The molecule has 1 amide bonds. The monoisotopic (exact) mass is 327 g/mol. The standard InChI is InChI=1S/C16H14ClN5O/c17-14-3-1-12(2-4-14)5-7-19-16(23)13-6-8-18-15(9-13)22-10-20-21-11-22/h1-4,6,8-11H,5,7H2,(H,19,23). The van der Waals surface area contributed by atoms with Gasteiger partial charge < -0.3 is 5.32 Å². The average molecular weight is 328 g/mol. The smallest absolute Gasteiger partial charge is 0.251 e. The van der Waals surface area contributed by atoms with Crippen LogP contribution in [0.2, 0.25) is 5.02 Å². The molecule has 0 unspecified atom stereocenters. The number of rotatable bonds is 5. The van der Waals surface area contributed by atoms with Gasteiger partial charge in [-0.1, -0.05) is 23.7 Å². The van der Waals surface area contributed by atoms with Crippen molar-refractivity contribution in [3.05, 3.63) is 71.4 Å². The maximum absolute atomic E-state index is 12.2. The van der Waals surface area contributed by atoms with Crippen molar-refractivity contribution in [2.24, 2.45) is 0 Å². The number of amides is 1. The van der Waals surface area contributed by atoms with Crippen LogP contribution in [0, 0.1) is 0 Å². The summed E-state index contributed by atoms with van der Waals surface area (Å²) in [6, 6.07) is 10.9. The molecule has 0 radical (unpaired) electrons. The molecule has 116 valence electrons. The van der Waals surface area contributed by atoms with Gasteiger partial charge in [0.15, 0.2) is 0 Å². The molecule has 1 aromatic carbocycles. The van der Waals surface area contributed by atoms with Gasteiger partial charge >= 0.3 is 0 Å². The zero-order valence-electron chi connectivity index (χ0n) is 12.2. The van der Waals surface area contributed by atoms with Gasteiger partial charge in [0.25, 0.3) is 5.91 Å². The zero-order chi connectivity index (χ0) is 16.1. The Hall–Kier alpha value is -2.73. The van der Waals surface area contributed by atoms with Gasteiger partial charge in [-0.2, -0.15) is 0 Å². The molecule has 0 aliphatic heterocycles. The fourth-order valence-corrected chi connectivity index (χ4v) is 2.22. The summed E-state index contributed by atoms with van der Waals surface area (Å²) in [4.78, 5) is 16.4. The fourth-order valence-electron chi connectivity index (χ4n) is 2.09. The molecule has 6 nitrogen and oxygen atoms in total. The van der Waals surface area contributed by atoms with Crippen LogP contribution in [0.1, 0.15) is 15.9 Å². The topological polar surface area (TPSA) is 72.7 Å². The van der Waals surface area contributed by atoms with Crippen molar-refractivity contribution in [3.8, 4) is 5.82 Å². The van der Waals surface area contributed by atoms with E-state index in [0.717, 1.165) is 12.0 Å². The van der Waals surface area contributed by atoms with Crippen LogP contribution in [0.3, 0.4) is 0 Å². The summed E-state index contributed by atoms with van der Waals surface area (Å²) >= 11 is 5.85. The van der Waals surface area contributed by atoms with Gasteiger partial charge in [-0.25, -0.2) is 4.98 Å². The molecule has 0 saturated heterocycles. The van der Waals surface area contributed by atoms with E-state index in [-0.39, 0.29) is 5.91 Å². The largest absolute Gasteiger partial charge is 0.352 e. The number of benzene rings is 1. The van der Waals surface area contributed by atoms with E-state index in [1.165, 1.54) is 12.7 Å². The van der Waals surface area contributed by atoms with Gasteiger partial charge in [0, 0.05) is 23.3 Å². The molecule has 0 bridgehead atoms. The summed E-state index contributed by atoms with van der Waals surface area (Å²) in [5, 5.41) is 11.0. The minimum atomic E-state index is -0.143. The molecule has 7 heteroatoms. The Labute approximate surface area is 138 Å². The number of nitrogens with one attached hydrogen (secondary N) is 1. The number of carbonyl (C=O) groups is 1. The molecule has 3 rings (SSSR count). The third-order valence-electron chi connectivity index (χ3n) is 3.30. The average Bonchev–Trinajstić information content (AvgIpc) is 3.11. The van der Waals surface area contributed by atoms with Crippen LogP contribution in [0.15, 0.2) is 55.2 Å². The number of carbonyl (C=O) groups excluding carboxylic acids is 1. The van der Waals surface area contributed by atoms with Gasteiger partial charge in [0.2, 0.25) is 0 Å². The lowest BCUT2D eigenvalue weighted by molar-refractivity contribution is 0.0954. The van der Waals surface area contributed by atoms with E-state index in [1.807, 2.05) is 24.3 Å². The van der Waals surface area contributed by atoms with E-state index in [1.54, 1.807) is 22.9 Å². The van der Waals surface area contributed by atoms with E-state index >= 15 is 0 Å². The molecule has 0 aliphatic carbocycles. The lowest BCUT2D eigenvalue weighted by Gasteiger charge is -2.07. The van der Waals surface area contributed by atoms with Gasteiger partial charge in [-0.15, -0.1) is 10.2 Å². The van der Waals surface area contributed by atoms with E-state index < -0.39 is 0 Å². The van der Waals surface area contributed by atoms with Crippen LogP contribution >= 0.6 is 11.6 Å². The molecule has 0 saturated carbocycles. The van der Waals surface area contributed by atoms with Crippen molar-refractivity contribution in [1.82, 2.24) is 25.1 Å². The van der Waals surface area contributed by atoms with Crippen molar-refractivity contribution in [2.45, 2.75) is 6.42 Å². The van der Waals surface area contributed by atoms with Crippen molar-refractivity contribution < 1.29 is 4.79 Å². The maximum atomic E-state index is 12.2. The van der Waals surface area contributed by atoms with Crippen molar-refractivity contribution in [1.29, 1.82) is 0 Å². The zero-order valence-corrected chi connectivity index (χ0v) is 12.9. The number of nitrogens with zero attached hydrogens (tertiary/aromatic N) is 4. The highest BCUT2D eigenvalue weighted by molar-refractivity contribution is 6.30. The molecule has 3 aromatic rings. The normalized spacial score (nSPS) is 10.5. The quantitative estimate of drug-likeness (QED) is 0.780. The molecule has 0 spiro atoms. The first-order chi connectivity index (χ1) is 11.2. The van der Waals surface area contributed by atoms with E-state index in [2.05, 4.69) is 20.5 Å². The highest BCUT2D eigenvalue weighted by Crippen LogP contribution is 2.10. The summed E-state index contributed by atoms with van der Waals surface area (Å²) in [7, 11) is 0. The summed E-state index contributed by atoms with van der Waals surface area (Å²) in [5.41, 5.74) is 1.66. The third-order valence-corrected chi connectivity index (χ3v) is 3.56. The Balaban J connectivity index is 1.60. The molecular weight excluding hydrogens is 314 g/mol. The second-order valence-corrected chi connectivity index (χ2v) is 5.34.